The van der Waals surface area contributed by atoms with E-state index in [1.165, 1.54) is 0 Å². The van der Waals surface area contributed by atoms with Gasteiger partial charge in [0.1, 0.15) is 11.4 Å². The van der Waals surface area contributed by atoms with Gasteiger partial charge in [0, 0.05) is 11.6 Å². The van der Waals surface area contributed by atoms with E-state index in [1.807, 2.05) is 90.9 Å². The highest BCUT2D eigenvalue weighted by Gasteiger charge is 2.37. The van der Waals surface area contributed by atoms with Crippen LogP contribution in [0.4, 0.5) is 4.79 Å². The van der Waals surface area contributed by atoms with Gasteiger partial charge in [-0.2, -0.15) is 0 Å². The first kappa shape index (κ1) is 25.2. The molecular weight excluding hydrogens is 402 g/mol. The first-order valence-electron chi connectivity index (χ1n) is 10.8. The van der Waals surface area contributed by atoms with Crippen LogP contribution < -0.4 is 4.74 Å². The third kappa shape index (κ3) is 6.46. The lowest BCUT2D eigenvalue weighted by molar-refractivity contribution is -0.00762. The number of carbonyl (C=O) groups is 2. The Morgan fingerprint density at radius 2 is 1.59 bits per heavy atom. The van der Waals surface area contributed by atoms with E-state index < -0.39 is 11.1 Å². The second-order valence-corrected chi connectivity index (χ2v) is 9.55. The quantitative estimate of drug-likeness (QED) is 0.368. The van der Waals surface area contributed by atoms with Crippen LogP contribution in [0, 0.1) is 0 Å². The molecule has 0 aromatic heterocycles. The fourth-order valence-electron chi connectivity index (χ4n) is 3.57. The number of amides is 1. The summed E-state index contributed by atoms with van der Waals surface area (Å²) in [6.07, 6.45) is 2.96. The Bertz CT molecular complexity index is 966. The smallest absolute Gasteiger partial charge is 0.411 e. The van der Waals surface area contributed by atoms with Gasteiger partial charge in [-0.15, -0.1) is 0 Å². The third-order valence-electron chi connectivity index (χ3n) is 5.11. The number of benzene rings is 2. The molecule has 0 aliphatic rings. The highest BCUT2D eigenvalue weighted by Crippen LogP contribution is 2.32. The molecular formula is C27H35NO4. The Kier molecular flexibility index (Phi) is 7.89. The fraction of sp³-hybridized carbons (Fsp3) is 0.407. The summed E-state index contributed by atoms with van der Waals surface area (Å²) in [5, 5.41) is 0. The normalized spacial score (nSPS) is 12.2. The van der Waals surface area contributed by atoms with Crippen molar-refractivity contribution in [2.45, 2.75) is 65.6 Å². The summed E-state index contributed by atoms with van der Waals surface area (Å²) in [4.78, 5) is 27.5. The maximum atomic E-state index is 13.0. The number of rotatable bonds is 7. The molecule has 1 amide bonds. The van der Waals surface area contributed by atoms with Crippen LogP contribution in [0.3, 0.4) is 0 Å². The predicted octanol–water partition coefficient (Wildman–Crippen LogP) is 6.47. The Morgan fingerprint density at radius 1 is 0.969 bits per heavy atom. The summed E-state index contributed by atoms with van der Waals surface area (Å²) in [6, 6.07) is 14.8. The molecule has 2 aromatic rings. The minimum absolute atomic E-state index is 0.0887. The highest BCUT2D eigenvalue weighted by atomic mass is 16.6. The van der Waals surface area contributed by atoms with Crippen molar-refractivity contribution in [2.75, 3.05) is 7.11 Å². The molecule has 5 nitrogen and oxygen atoms in total. The van der Waals surface area contributed by atoms with Crippen molar-refractivity contribution < 1.29 is 19.1 Å². The SMILES string of the molecule is COc1ccc(/C=C/C(=O)c2cccc(C(C)(C)N(C(=O)OC(C)(C)C)C(C)C)c2)cc1. The van der Waals surface area contributed by atoms with Crippen LogP contribution in [-0.4, -0.2) is 35.5 Å². The molecule has 0 unspecified atom stereocenters. The van der Waals surface area contributed by atoms with E-state index in [4.69, 9.17) is 9.47 Å². The molecule has 0 bridgehead atoms. The number of nitrogens with zero attached hydrogens (tertiary/aromatic N) is 1. The van der Waals surface area contributed by atoms with Crippen molar-refractivity contribution in [3.8, 4) is 5.75 Å². The molecule has 0 aliphatic heterocycles. The van der Waals surface area contributed by atoms with E-state index in [0.29, 0.717) is 5.56 Å². The van der Waals surface area contributed by atoms with E-state index in [-0.39, 0.29) is 17.9 Å². The van der Waals surface area contributed by atoms with Crippen LogP contribution in [0.5, 0.6) is 5.75 Å². The Morgan fingerprint density at radius 3 is 2.12 bits per heavy atom. The zero-order valence-corrected chi connectivity index (χ0v) is 20.4. The molecule has 0 heterocycles. The Balaban J connectivity index is 2.29. The fourth-order valence-corrected chi connectivity index (χ4v) is 3.57. The van der Waals surface area contributed by atoms with Crippen LogP contribution in [0.2, 0.25) is 0 Å². The molecule has 0 saturated carbocycles. The van der Waals surface area contributed by atoms with Gasteiger partial charge in [-0.3, -0.25) is 9.69 Å². The predicted molar refractivity (Wildman–Crippen MR) is 129 cm³/mol. The summed E-state index contributed by atoms with van der Waals surface area (Å²) in [6.45, 7) is 13.4. The lowest BCUT2D eigenvalue weighted by atomic mass is 9.89. The molecule has 2 aromatic carbocycles. The van der Waals surface area contributed by atoms with Gasteiger partial charge in [0.25, 0.3) is 0 Å². The van der Waals surface area contributed by atoms with E-state index in [1.54, 1.807) is 30.2 Å². The van der Waals surface area contributed by atoms with Crippen molar-refractivity contribution in [1.29, 1.82) is 0 Å². The van der Waals surface area contributed by atoms with Gasteiger partial charge < -0.3 is 9.47 Å². The first-order chi connectivity index (χ1) is 14.8. The molecule has 0 N–H and O–H groups in total. The molecule has 0 radical (unpaired) electrons. The first-order valence-corrected chi connectivity index (χ1v) is 10.8. The molecule has 0 saturated heterocycles. The Hall–Kier alpha value is -3.08. The van der Waals surface area contributed by atoms with E-state index in [0.717, 1.165) is 16.9 Å². The number of methoxy groups -OCH3 is 1. The molecule has 2 rings (SSSR count). The van der Waals surface area contributed by atoms with Crippen LogP contribution in [-0.2, 0) is 10.3 Å². The zero-order chi connectivity index (χ0) is 24.1. The van der Waals surface area contributed by atoms with Gasteiger partial charge in [-0.1, -0.05) is 36.4 Å². The average Bonchev–Trinajstić information content (AvgIpc) is 2.70. The van der Waals surface area contributed by atoms with Gasteiger partial charge in [0.2, 0.25) is 0 Å². The van der Waals surface area contributed by atoms with E-state index in [2.05, 4.69) is 0 Å². The van der Waals surface area contributed by atoms with Crippen LogP contribution in [0.25, 0.3) is 6.08 Å². The summed E-state index contributed by atoms with van der Waals surface area (Å²) >= 11 is 0. The number of hydrogen-bond acceptors (Lipinski definition) is 4. The van der Waals surface area contributed by atoms with Crippen molar-refractivity contribution >= 4 is 18.0 Å². The van der Waals surface area contributed by atoms with Gasteiger partial charge in [0.05, 0.1) is 12.6 Å². The minimum Gasteiger partial charge on any atom is -0.497 e. The minimum atomic E-state index is -0.674. The monoisotopic (exact) mass is 437 g/mol. The summed E-state index contributed by atoms with van der Waals surface area (Å²) in [5.74, 6) is 0.662. The average molecular weight is 438 g/mol. The van der Waals surface area contributed by atoms with Gasteiger partial charge >= 0.3 is 6.09 Å². The third-order valence-corrected chi connectivity index (χ3v) is 5.11. The second-order valence-electron chi connectivity index (χ2n) is 9.55. The number of allylic oxidation sites excluding steroid dienone is 1. The molecule has 172 valence electrons. The highest BCUT2D eigenvalue weighted by molar-refractivity contribution is 6.06. The Labute approximate surface area is 192 Å². The van der Waals surface area contributed by atoms with Crippen LogP contribution in [0.15, 0.2) is 54.6 Å². The largest absolute Gasteiger partial charge is 0.497 e. The number of ether oxygens (including phenoxy) is 2. The molecule has 0 spiro atoms. The van der Waals surface area contributed by atoms with Crippen LogP contribution >= 0.6 is 0 Å². The number of ketones is 1. The topological polar surface area (TPSA) is 55.8 Å². The maximum absolute atomic E-state index is 13.0. The zero-order valence-electron chi connectivity index (χ0n) is 20.4. The van der Waals surface area contributed by atoms with Crippen molar-refractivity contribution in [2.24, 2.45) is 0 Å². The summed E-state index contributed by atoms with van der Waals surface area (Å²) in [5.41, 5.74) is 1.07. The summed E-state index contributed by atoms with van der Waals surface area (Å²) < 4.78 is 10.8. The van der Waals surface area contributed by atoms with Crippen molar-refractivity contribution in [3.63, 3.8) is 0 Å². The molecule has 0 aliphatic carbocycles. The van der Waals surface area contributed by atoms with E-state index >= 15 is 0 Å². The second kappa shape index (κ2) is 10.0. The van der Waals surface area contributed by atoms with Crippen molar-refractivity contribution in [1.82, 2.24) is 4.90 Å². The van der Waals surface area contributed by atoms with Gasteiger partial charge in [-0.25, -0.2) is 4.79 Å². The molecule has 0 fully saturated rings. The lowest BCUT2D eigenvalue weighted by Gasteiger charge is -2.42. The molecule has 0 atom stereocenters. The van der Waals surface area contributed by atoms with Crippen molar-refractivity contribution in [3.05, 3.63) is 71.3 Å². The molecule has 32 heavy (non-hydrogen) atoms. The lowest BCUT2D eigenvalue weighted by Crippen LogP contribution is -2.51. The van der Waals surface area contributed by atoms with Gasteiger partial charge in [0.15, 0.2) is 5.78 Å². The summed E-state index contributed by atoms with van der Waals surface area (Å²) in [7, 11) is 1.62. The van der Waals surface area contributed by atoms with Crippen LogP contribution in [0.1, 0.15) is 70.0 Å². The maximum Gasteiger partial charge on any atom is 0.411 e. The van der Waals surface area contributed by atoms with Gasteiger partial charge in [-0.05, 0) is 83.9 Å². The molecule has 5 heteroatoms. The number of hydrogen-bond donors (Lipinski definition) is 0. The standard InChI is InChI=1S/C27H35NO4/c1-19(2)28(25(30)32-26(3,4)5)27(6,7)22-11-9-10-21(18-22)24(29)17-14-20-12-15-23(31-8)16-13-20/h9-19H,1-8H3/b17-14+. The van der Waals surface area contributed by atoms with E-state index in [9.17, 15) is 9.59 Å². The number of carbonyl (C=O) groups excluding carboxylic acids is 2.